The molecule has 0 saturated carbocycles. The standard InChI is InChI=1S/C32H41N3O7.C2H6/c1-21(34(5)31(39)42-32(2,3)4)28(36)33-26(23-15-17-40-18-16-23)29(37)35-19-24-13-9-10-14-25(24)27(35)30(38)41-20-22-11-7-6-8-12-22;1-2/h6-14,21,23,26-27H,15-20H2,1-5H3,(H,33,36);1-2H3/t21-,26?,27?;/m0./s1. The molecule has 0 spiro atoms. The highest BCUT2D eigenvalue weighted by Crippen LogP contribution is 2.36. The summed E-state index contributed by atoms with van der Waals surface area (Å²) < 4.78 is 16.6. The van der Waals surface area contributed by atoms with Gasteiger partial charge < -0.3 is 24.4 Å². The lowest BCUT2D eigenvalue weighted by Crippen LogP contribution is -2.57. The van der Waals surface area contributed by atoms with Crippen LogP contribution in [-0.4, -0.2) is 71.6 Å². The van der Waals surface area contributed by atoms with E-state index in [2.05, 4.69) is 5.32 Å². The van der Waals surface area contributed by atoms with Crippen LogP contribution in [0.5, 0.6) is 0 Å². The monoisotopic (exact) mass is 609 g/mol. The van der Waals surface area contributed by atoms with E-state index in [1.165, 1.54) is 16.8 Å². The molecule has 44 heavy (non-hydrogen) atoms. The van der Waals surface area contributed by atoms with Gasteiger partial charge in [-0.2, -0.15) is 0 Å². The van der Waals surface area contributed by atoms with Gasteiger partial charge in [0.25, 0.3) is 0 Å². The number of hydrogen-bond acceptors (Lipinski definition) is 7. The minimum atomic E-state index is -0.946. The van der Waals surface area contributed by atoms with Gasteiger partial charge in [-0.3, -0.25) is 14.5 Å². The smallest absolute Gasteiger partial charge is 0.410 e. The number of rotatable bonds is 8. The molecule has 240 valence electrons. The molecule has 1 fully saturated rings. The summed E-state index contributed by atoms with van der Waals surface area (Å²) in [6, 6.07) is 14.0. The second-order valence-corrected chi connectivity index (χ2v) is 11.9. The first kappa shape index (κ1) is 34.6. The van der Waals surface area contributed by atoms with Gasteiger partial charge in [-0.15, -0.1) is 0 Å². The summed E-state index contributed by atoms with van der Waals surface area (Å²) in [7, 11) is 1.49. The van der Waals surface area contributed by atoms with E-state index in [0.717, 1.165) is 11.1 Å². The third-order valence-electron chi connectivity index (χ3n) is 7.68. The molecule has 3 amide bonds. The zero-order valence-electron chi connectivity index (χ0n) is 27.0. The van der Waals surface area contributed by atoms with Crippen molar-refractivity contribution in [3.63, 3.8) is 0 Å². The lowest BCUT2D eigenvalue weighted by molar-refractivity contribution is -0.158. The number of hydrogen-bond donors (Lipinski definition) is 1. The van der Waals surface area contributed by atoms with Crippen LogP contribution in [0.2, 0.25) is 0 Å². The number of nitrogens with one attached hydrogen (secondary N) is 1. The second kappa shape index (κ2) is 15.7. The van der Waals surface area contributed by atoms with Crippen LogP contribution >= 0.6 is 0 Å². The van der Waals surface area contributed by atoms with Crippen molar-refractivity contribution in [2.45, 2.75) is 91.3 Å². The molecule has 2 aromatic rings. The number of esters is 1. The minimum absolute atomic E-state index is 0.0784. The van der Waals surface area contributed by atoms with Gasteiger partial charge in [-0.05, 0) is 63.1 Å². The highest BCUT2D eigenvalue weighted by Gasteiger charge is 2.44. The molecule has 10 heteroatoms. The van der Waals surface area contributed by atoms with Crippen molar-refractivity contribution in [1.82, 2.24) is 15.1 Å². The topological polar surface area (TPSA) is 114 Å². The maximum absolute atomic E-state index is 14.3. The van der Waals surface area contributed by atoms with E-state index in [-0.39, 0.29) is 25.0 Å². The molecule has 10 nitrogen and oxygen atoms in total. The van der Waals surface area contributed by atoms with Gasteiger partial charge in [-0.25, -0.2) is 9.59 Å². The van der Waals surface area contributed by atoms with Crippen LogP contribution in [0.1, 0.15) is 77.1 Å². The molecule has 0 bridgehead atoms. The van der Waals surface area contributed by atoms with Crippen LogP contribution in [0, 0.1) is 5.92 Å². The largest absolute Gasteiger partial charge is 0.459 e. The van der Waals surface area contributed by atoms with Crippen LogP contribution in [0.15, 0.2) is 54.6 Å². The maximum atomic E-state index is 14.3. The summed E-state index contributed by atoms with van der Waals surface area (Å²) in [4.78, 5) is 56.6. The summed E-state index contributed by atoms with van der Waals surface area (Å²) in [5, 5.41) is 2.92. The predicted molar refractivity (Wildman–Crippen MR) is 166 cm³/mol. The molecule has 0 radical (unpaired) electrons. The van der Waals surface area contributed by atoms with Crippen LogP contribution in [0.25, 0.3) is 0 Å². The Morgan fingerprint density at radius 1 is 1.00 bits per heavy atom. The average Bonchev–Trinajstić information content (AvgIpc) is 3.42. The molecule has 1 saturated heterocycles. The number of nitrogens with zero attached hydrogens (tertiary/aromatic N) is 2. The Labute approximate surface area is 261 Å². The molecule has 2 aliphatic rings. The van der Waals surface area contributed by atoms with Crippen molar-refractivity contribution in [3.05, 3.63) is 71.3 Å². The van der Waals surface area contributed by atoms with Gasteiger partial charge in [0.1, 0.15) is 24.3 Å². The molecule has 4 rings (SSSR count). The number of ether oxygens (including phenoxy) is 3. The van der Waals surface area contributed by atoms with Crippen LogP contribution in [-0.2, 0) is 41.7 Å². The third-order valence-corrected chi connectivity index (χ3v) is 7.68. The lowest BCUT2D eigenvalue weighted by atomic mass is 9.90. The minimum Gasteiger partial charge on any atom is -0.459 e. The Kier molecular flexibility index (Phi) is 12.3. The molecule has 2 heterocycles. The van der Waals surface area contributed by atoms with Gasteiger partial charge in [0.05, 0.1) is 0 Å². The Hall–Kier alpha value is -3.92. The van der Waals surface area contributed by atoms with Crippen molar-refractivity contribution >= 4 is 23.9 Å². The van der Waals surface area contributed by atoms with Crippen molar-refractivity contribution < 1.29 is 33.4 Å². The second-order valence-electron chi connectivity index (χ2n) is 11.9. The first-order valence-electron chi connectivity index (χ1n) is 15.4. The number of likely N-dealkylation sites (N-methyl/N-ethyl adjacent to an activating group) is 1. The summed E-state index contributed by atoms with van der Waals surface area (Å²) in [6.07, 6.45) is 0.489. The van der Waals surface area contributed by atoms with E-state index in [9.17, 15) is 19.2 Å². The van der Waals surface area contributed by atoms with E-state index in [1.54, 1.807) is 27.7 Å². The third kappa shape index (κ3) is 8.81. The predicted octanol–water partition coefficient (Wildman–Crippen LogP) is 5.01. The van der Waals surface area contributed by atoms with Crippen LogP contribution < -0.4 is 5.32 Å². The van der Waals surface area contributed by atoms with Gasteiger partial charge >= 0.3 is 12.1 Å². The average molecular weight is 610 g/mol. The Bertz CT molecular complexity index is 1270. The summed E-state index contributed by atoms with van der Waals surface area (Å²) >= 11 is 0. The van der Waals surface area contributed by atoms with Crippen LogP contribution in [0.3, 0.4) is 0 Å². The van der Waals surface area contributed by atoms with E-state index >= 15 is 0 Å². The van der Waals surface area contributed by atoms with Crippen molar-refractivity contribution in [2.75, 3.05) is 20.3 Å². The SMILES string of the molecule is CC.C[C@@H](C(=O)NC(C(=O)N1Cc2ccccc2C1C(=O)OCc1ccccc1)C1CCOCC1)N(C)C(=O)OC(C)(C)C. The molecule has 3 atom stereocenters. The van der Waals surface area contributed by atoms with Crippen LogP contribution in [0.4, 0.5) is 4.79 Å². The summed E-state index contributed by atoms with van der Waals surface area (Å²) in [5.74, 6) is -1.61. The number of benzene rings is 2. The number of amides is 3. The zero-order chi connectivity index (χ0) is 32.4. The fourth-order valence-corrected chi connectivity index (χ4v) is 5.21. The molecule has 0 aromatic heterocycles. The Morgan fingerprint density at radius 2 is 1.61 bits per heavy atom. The molecule has 2 aromatic carbocycles. The van der Waals surface area contributed by atoms with Gasteiger partial charge in [0.2, 0.25) is 11.8 Å². The van der Waals surface area contributed by atoms with Gasteiger partial charge in [0.15, 0.2) is 6.04 Å². The fourth-order valence-electron chi connectivity index (χ4n) is 5.21. The van der Waals surface area contributed by atoms with Gasteiger partial charge in [-0.1, -0.05) is 68.4 Å². The molecular formula is C34H47N3O7. The maximum Gasteiger partial charge on any atom is 0.410 e. The van der Waals surface area contributed by atoms with E-state index in [0.29, 0.717) is 31.6 Å². The van der Waals surface area contributed by atoms with Gasteiger partial charge in [0, 0.05) is 26.8 Å². The first-order chi connectivity index (χ1) is 21.0. The van der Waals surface area contributed by atoms with E-state index in [4.69, 9.17) is 14.2 Å². The number of fused-ring (bicyclic) bond motifs is 1. The highest BCUT2D eigenvalue weighted by atomic mass is 16.6. The lowest BCUT2D eigenvalue weighted by Gasteiger charge is -2.35. The van der Waals surface area contributed by atoms with E-state index in [1.807, 2.05) is 68.4 Å². The Balaban J connectivity index is 0.00000259. The molecule has 1 N–H and O–H groups in total. The first-order valence-corrected chi connectivity index (χ1v) is 15.4. The van der Waals surface area contributed by atoms with Crippen molar-refractivity contribution in [1.29, 1.82) is 0 Å². The summed E-state index contributed by atoms with van der Waals surface area (Å²) in [5.41, 5.74) is 1.67. The Morgan fingerprint density at radius 3 is 2.25 bits per heavy atom. The molecular weight excluding hydrogens is 562 g/mol. The normalized spacial score (nSPS) is 17.7. The fraction of sp³-hybridized carbons (Fsp3) is 0.529. The quantitative estimate of drug-likeness (QED) is 0.419. The highest BCUT2D eigenvalue weighted by molar-refractivity contribution is 5.94. The zero-order valence-corrected chi connectivity index (χ0v) is 27.0. The van der Waals surface area contributed by atoms with Crippen molar-refractivity contribution in [2.24, 2.45) is 5.92 Å². The number of carbonyl (C=O) groups excluding carboxylic acids is 4. The number of carbonyl (C=O) groups is 4. The van der Waals surface area contributed by atoms with E-state index < -0.39 is 41.7 Å². The molecule has 2 aliphatic heterocycles. The molecule has 2 unspecified atom stereocenters. The molecule has 0 aliphatic carbocycles. The summed E-state index contributed by atoms with van der Waals surface area (Å²) in [6.45, 7) is 12.0. The van der Waals surface area contributed by atoms with Crippen molar-refractivity contribution in [3.8, 4) is 0 Å².